The second-order valence-electron chi connectivity index (χ2n) is 5.58. The van der Waals surface area contributed by atoms with E-state index in [4.69, 9.17) is 4.74 Å². The Morgan fingerprint density at radius 2 is 1.67 bits per heavy atom. The lowest BCUT2D eigenvalue weighted by Crippen LogP contribution is -2.38. The SMILES string of the molecule is CC(C)(C)OC(=O)NCCNC(=O)Cc1ccc(F)cc1. The van der Waals surface area contributed by atoms with Crippen molar-refractivity contribution in [3.63, 3.8) is 0 Å². The van der Waals surface area contributed by atoms with Crippen LogP contribution in [0.2, 0.25) is 0 Å². The summed E-state index contributed by atoms with van der Waals surface area (Å²) in [6.07, 6.45) is -0.345. The first kappa shape index (κ1) is 16.9. The third kappa shape index (κ3) is 7.91. The van der Waals surface area contributed by atoms with Crippen LogP contribution in [0.3, 0.4) is 0 Å². The topological polar surface area (TPSA) is 67.4 Å². The van der Waals surface area contributed by atoms with Crippen LogP contribution in [-0.4, -0.2) is 30.7 Å². The summed E-state index contributed by atoms with van der Waals surface area (Å²) in [5.74, 6) is -0.520. The van der Waals surface area contributed by atoms with E-state index in [1.54, 1.807) is 32.9 Å². The number of hydrogen-bond acceptors (Lipinski definition) is 3. The standard InChI is InChI=1S/C15H21FN2O3/c1-15(2,3)21-14(20)18-9-8-17-13(19)10-11-4-6-12(16)7-5-11/h4-7H,8-10H2,1-3H3,(H,17,19)(H,18,20). The van der Waals surface area contributed by atoms with Gasteiger partial charge in [-0.25, -0.2) is 9.18 Å². The molecular weight excluding hydrogens is 275 g/mol. The third-order valence-electron chi connectivity index (χ3n) is 2.39. The lowest BCUT2D eigenvalue weighted by atomic mass is 10.1. The molecule has 0 aromatic heterocycles. The van der Waals surface area contributed by atoms with E-state index in [1.165, 1.54) is 12.1 Å². The Morgan fingerprint density at radius 3 is 2.24 bits per heavy atom. The minimum atomic E-state index is -0.546. The van der Waals surface area contributed by atoms with E-state index >= 15 is 0 Å². The first-order chi connectivity index (χ1) is 9.76. The van der Waals surface area contributed by atoms with Gasteiger partial charge in [0.15, 0.2) is 0 Å². The highest BCUT2D eigenvalue weighted by atomic mass is 19.1. The fourth-order valence-corrected chi connectivity index (χ4v) is 1.53. The molecule has 2 amide bonds. The Kier molecular flexibility index (Phi) is 6.14. The molecule has 0 radical (unpaired) electrons. The van der Waals surface area contributed by atoms with Gasteiger partial charge in [-0.1, -0.05) is 12.1 Å². The Labute approximate surface area is 123 Å². The molecule has 0 aliphatic carbocycles. The Hall–Kier alpha value is -2.11. The number of alkyl carbamates (subject to hydrolysis) is 1. The van der Waals surface area contributed by atoms with E-state index in [0.717, 1.165) is 5.56 Å². The number of rotatable bonds is 5. The monoisotopic (exact) mass is 296 g/mol. The summed E-state index contributed by atoms with van der Waals surface area (Å²) in [4.78, 5) is 23.0. The fourth-order valence-electron chi connectivity index (χ4n) is 1.53. The van der Waals surface area contributed by atoms with E-state index in [2.05, 4.69) is 10.6 Å². The van der Waals surface area contributed by atoms with Gasteiger partial charge in [-0.05, 0) is 38.5 Å². The minimum Gasteiger partial charge on any atom is -0.444 e. The second kappa shape index (κ2) is 7.61. The molecule has 1 aromatic carbocycles. The molecule has 6 heteroatoms. The molecule has 0 fully saturated rings. The summed E-state index contributed by atoms with van der Waals surface area (Å²) in [7, 11) is 0. The van der Waals surface area contributed by atoms with Crippen LogP contribution < -0.4 is 10.6 Å². The predicted octanol–water partition coefficient (Wildman–Crippen LogP) is 2.01. The van der Waals surface area contributed by atoms with Gasteiger partial charge in [0.05, 0.1) is 6.42 Å². The number of carbonyl (C=O) groups excluding carboxylic acids is 2. The number of halogens is 1. The molecule has 0 bridgehead atoms. The molecule has 0 heterocycles. The highest BCUT2D eigenvalue weighted by Gasteiger charge is 2.15. The van der Waals surface area contributed by atoms with E-state index in [1.807, 2.05) is 0 Å². The van der Waals surface area contributed by atoms with Gasteiger partial charge in [0.1, 0.15) is 11.4 Å². The fraction of sp³-hybridized carbons (Fsp3) is 0.467. The van der Waals surface area contributed by atoms with Crippen LogP contribution in [0, 0.1) is 5.82 Å². The molecule has 0 unspecified atom stereocenters. The molecule has 1 rings (SSSR count). The molecule has 2 N–H and O–H groups in total. The zero-order valence-corrected chi connectivity index (χ0v) is 12.5. The van der Waals surface area contributed by atoms with Crippen molar-refractivity contribution >= 4 is 12.0 Å². The zero-order chi connectivity index (χ0) is 15.9. The van der Waals surface area contributed by atoms with Gasteiger partial charge < -0.3 is 15.4 Å². The van der Waals surface area contributed by atoms with Crippen LogP contribution in [0.1, 0.15) is 26.3 Å². The number of benzene rings is 1. The summed E-state index contributed by atoms with van der Waals surface area (Å²) >= 11 is 0. The summed E-state index contributed by atoms with van der Waals surface area (Å²) in [5.41, 5.74) is 0.185. The van der Waals surface area contributed by atoms with Gasteiger partial charge in [-0.3, -0.25) is 4.79 Å². The van der Waals surface area contributed by atoms with Crippen molar-refractivity contribution in [1.29, 1.82) is 0 Å². The van der Waals surface area contributed by atoms with E-state index in [0.29, 0.717) is 6.54 Å². The minimum absolute atomic E-state index is 0.173. The van der Waals surface area contributed by atoms with E-state index < -0.39 is 11.7 Å². The van der Waals surface area contributed by atoms with Crippen LogP contribution in [0.5, 0.6) is 0 Å². The summed E-state index contributed by atoms with van der Waals surface area (Å²) < 4.78 is 17.8. The van der Waals surface area contributed by atoms with E-state index in [-0.39, 0.29) is 24.7 Å². The van der Waals surface area contributed by atoms with Gasteiger partial charge in [-0.2, -0.15) is 0 Å². The quantitative estimate of drug-likeness (QED) is 0.817. The summed E-state index contributed by atoms with van der Waals surface area (Å²) in [6.45, 7) is 5.91. The maximum absolute atomic E-state index is 12.7. The molecule has 1 aromatic rings. The maximum atomic E-state index is 12.7. The number of ether oxygens (including phenoxy) is 1. The molecule has 5 nitrogen and oxygen atoms in total. The van der Waals surface area contributed by atoms with Crippen molar-refractivity contribution in [1.82, 2.24) is 10.6 Å². The summed E-state index contributed by atoms with van der Waals surface area (Å²) in [5, 5.41) is 5.20. The Bertz CT molecular complexity index is 481. The lowest BCUT2D eigenvalue weighted by Gasteiger charge is -2.19. The lowest BCUT2D eigenvalue weighted by molar-refractivity contribution is -0.120. The van der Waals surface area contributed by atoms with Gasteiger partial charge in [0.25, 0.3) is 0 Å². The predicted molar refractivity (Wildman–Crippen MR) is 77.4 cm³/mol. The molecule has 0 saturated carbocycles. The van der Waals surface area contributed by atoms with Crippen LogP contribution in [0.25, 0.3) is 0 Å². The molecular formula is C15H21FN2O3. The molecule has 21 heavy (non-hydrogen) atoms. The number of hydrogen-bond donors (Lipinski definition) is 2. The largest absolute Gasteiger partial charge is 0.444 e. The third-order valence-corrected chi connectivity index (χ3v) is 2.39. The van der Waals surface area contributed by atoms with E-state index in [9.17, 15) is 14.0 Å². The Morgan fingerprint density at radius 1 is 1.10 bits per heavy atom. The first-order valence-corrected chi connectivity index (χ1v) is 6.74. The Balaban J connectivity index is 2.19. The normalized spacial score (nSPS) is 10.9. The number of amides is 2. The average molecular weight is 296 g/mol. The second-order valence-corrected chi connectivity index (χ2v) is 5.58. The van der Waals surface area contributed by atoms with Crippen molar-refractivity contribution in [3.8, 4) is 0 Å². The van der Waals surface area contributed by atoms with Crippen molar-refractivity contribution in [2.45, 2.75) is 32.8 Å². The van der Waals surface area contributed by atoms with Crippen LogP contribution in [0.4, 0.5) is 9.18 Å². The van der Waals surface area contributed by atoms with Gasteiger partial charge in [0, 0.05) is 13.1 Å². The van der Waals surface area contributed by atoms with Crippen molar-refractivity contribution < 1.29 is 18.7 Å². The number of carbonyl (C=O) groups is 2. The van der Waals surface area contributed by atoms with Crippen LogP contribution >= 0.6 is 0 Å². The number of nitrogens with one attached hydrogen (secondary N) is 2. The first-order valence-electron chi connectivity index (χ1n) is 6.74. The van der Waals surface area contributed by atoms with Crippen LogP contribution in [0.15, 0.2) is 24.3 Å². The molecule has 0 spiro atoms. The van der Waals surface area contributed by atoms with Gasteiger partial charge in [-0.15, -0.1) is 0 Å². The summed E-state index contributed by atoms with van der Waals surface area (Å²) in [6, 6.07) is 5.75. The molecule has 0 atom stereocenters. The molecule has 0 aliphatic heterocycles. The van der Waals surface area contributed by atoms with Gasteiger partial charge >= 0.3 is 6.09 Å². The van der Waals surface area contributed by atoms with Crippen molar-refractivity contribution in [2.24, 2.45) is 0 Å². The molecule has 116 valence electrons. The van der Waals surface area contributed by atoms with Crippen molar-refractivity contribution in [2.75, 3.05) is 13.1 Å². The molecule has 0 saturated heterocycles. The maximum Gasteiger partial charge on any atom is 0.407 e. The highest BCUT2D eigenvalue weighted by Crippen LogP contribution is 2.06. The molecule has 0 aliphatic rings. The smallest absolute Gasteiger partial charge is 0.407 e. The van der Waals surface area contributed by atoms with Gasteiger partial charge in [0.2, 0.25) is 5.91 Å². The zero-order valence-electron chi connectivity index (χ0n) is 12.5. The average Bonchev–Trinajstić information content (AvgIpc) is 2.35. The van der Waals surface area contributed by atoms with Crippen LogP contribution in [-0.2, 0) is 16.0 Å². The van der Waals surface area contributed by atoms with Crippen molar-refractivity contribution in [3.05, 3.63) is 35.6 Å². The highest BCUT2D eigenvalue weighted by molar-refractivity contribution is 5.78.